The van der Waals surface area contributed by atoms with E-state index < -0.39 is 74.1 Å². The number of alkyl carbamates (subject to hydrolysis) is 1. The number of aromatic nitrogens is 4. The van der Waals surface area contributed by atoms with Crippen molar-refractivity contribution in [2.45, 2.75) is 94.6 Å². The molecule has 1 aromatic heterocycles. The van der Waals surface area contributed by atoms with Gasteiger partial charge in [-0.15, -0.1) is 16.8 Å². The second kappa shape index (κ2) is 13.6. The molecule has 268 valence electrons. The Hall–Kier alpha value is -4.60. The minimum Gasteiger partial charge on any atom is -0.450 e. The van der Waals surface area contributed by atoms with Crippen molar-refractivity contribution >= 4 is 39.9 Å². The van der Waals surface area contributed by atoms with Gasteiger partial charge >= 0.3 is 6.09 Å². The van der Waals surface area contributed by atoms with Crippen molar-refractivity contribution in [3.63, 3.8) is 0 Å². The first-order valence-electron chi connectivity index (χ1n) is 17.0. The van der Waals surface area contributed by atoms with Crippen LogP contribution in [0.1, 0.15) is 77.3 Å². The number of sulfonamides is 1. The molecule has 3 heterocycles. The summed E-state index contributed by atoms with van der Waals surface area (Å²) in [5.41, 5.74) is -0.632. The molecule has 0 spiro atoms. The van der Waals surface area contributed by atoms with Gasteiger partial charge in [-0.2, -0.15) is 4.80 Å². The minimum absolute atomic E-state index is 0.00104. The van der Waals surface area contributed by atoms with Crippen LogP contribution in [0.25, 0.3) is 17.5 Å². The maximum Gasteiger partial charge on any atom is 0.407 e. The number of nitrogens with zero attached hydrogens (tertiary/aromatic N) is 5. The minimum atomic E-state index is -3.89. The van der Waals surface area contributed by atoms with Gasteiger partial charge in [-0.25, -0.2) is 13.2 Å². The van der Waals surface area contributed by atoms with Gasteiger partial charge in [0.2, 0.25) is 27.7 Å². The van der Waals surface area contributed by atoms with Crippen LogP contribution in [-0.2, 0) is 29.1 Å². The van der Waals surface area contributed by atoms with E-state index in [1.165, 1.54) is 15.8 Å². The Labute approximate surface area is 291 Å². The third kappa shape index (κ3) is 7.44. The van der Waals surface area contributed by atoms with Crippen molar-refractivity contribution in [3.8, 4) is 11.4 Å². The number of carbonyl (C=O) groups excluding carboxylic acids is 4. The van der Waals surface area contributed by atoms with Crippen molar-refractivity contribution in [3.05, 3.63) is 48.6 Å². The molecular weight excluding hydrogens is 664 g/mol. The van der Waals surface area contributed by atoms with E-state index in [4.69, 9.17) is 4.74 Å². The molecule has 2 saturated carbocycles. The number of rotatable bonds is 6. The van der Waals surface area contributed by atoms with Crippen molar-refractivity contribution in [1.82, 2.24) is 40.5 Å². The average Bonchev–Trinajstić information content (AvgIpc) is 3.94. The highest BCUT2D eigenvalue weighted by molar-refractivity contribution is 7.91. The summed E-state index contributed by atoms with van der Waals surface area (Å²) in [4.78, 5) is 57.7. The molecular formula is C34H44N8O7S. The number of fused-ring (bicyclic) bond motifs is 8. The third-order valence-corrected chi connectivity index (χ3v) is 11.5. The van der Waals surface area contributed by atoms with Crippen LogP contribution in [0.15, 0.2) is 43.0 Å². The second-order valence-corrected chi connectivity index (χ2v) is 16.6. The van der Waals surface area contributed by atoms with Crippen molar-refractivity contribution in [2.75, 3.05) is 13.2 Å². The molecule has 1 saturated heterocycles. The van der Waals surface area contributed by atoms with E-state index >= 15 is 0 Å². The Morgan fingerprint density at radius 2 is 1.96 bits per heavy atom. The average molecular weight is 709 g/mol. The monoisotopic (exact) mass is 708 g/mol. The molecule has 0 radical (unpaired) electrons. The summed E-state index contributed by atoms with van der Waals surface area (Å²) >= 11 is 0. The van der Waals surface area contributed by atoms with Crippen LogP contribution in [0.2, 0.25) is 0 Å². The number of hydrogen-bond donors (Lipinski definition) is 3. The summed E-state index contributed by atoms with van der Waals surface area (Å²) in [5, 5.41) is 18.1. The largest absolute Gasteiger partial charge is 0.450 e. The lowest BCUT2D eigenvalue weighted by Gasteiger charge is -2.35. The Balaban J connectivity index is 1.32. The molecule has 4 aliphatic rings. The zero-order valence-electron chi connectivity index (χ0n) is 28.5. The maximum absolute atomic E-state index is 14.4. The van der Waals surface area contributed by atoms with Crippen molar-refractivity contribution in [2.24, 2.45) is 11.3 Å². The molecule has 50 heavy (non-hydrogen) atoms. The van der Waals surface area contributed by atoms with E-state index in [1.807, 2.05) is 36.4 Å². The molecule has 2 aliphatic heterocycles. The van der Waals surface area contributed by atoms with E-state index in [1.54, 1.807) is 20.8 Å². The van der Waals surface area contributed by atoms with E-state index in [2.05, 4.69) is 37.3 Å². The highest BCUT2D eigenvalue weighted by atomic mass is 32.2. The normalized spacial score (nSPS) is 28.1. The van der Waals surface area contributed by atoms with Crippen LogP contribution < -0.4 is 15.4 Å². The number of amides is 4. The Morgan fingerprint density at radius 1 is 1.18 bits per heavy atom. The molecule has 2 aliphatic carbocycles. The van der Waals surface area contributed by atoms with Crippen LogP contribution in [0.3, 0.4) is 0 Å². The van der Waals surface area contributed by atoms with Crippen LogP contribution in [0, 0.1) is 11.3 Å². The fourth-order valence-electron chi connectivity index (χ4n) is 6.49. The number of cyclic esters (lactones) is 1. The Morgan fingerprint density at radius 3 is 2.66 bits per heavy atom. The number of allylic oxidation sites excluding steroid dienone is 1. The molecule has 5 atom stereocenters. The van der Waals surface area contributed by atoms with E-state index in [9.17, 15) is 27.6 Å². The van der Waals surface area contributed by atoms with Gasteiger partial charge in [0.25, 0.3) is 5.91 Å². The summed E-state index contributed by atoms with van der Waals surface area (Å²) in [6, 6.07) is 4.88. The van der Waals surface area contributed by atoms with Crippen molar-refractivity contribution in [1.29, 1.82) is 0 Å². The third-order valence-electron chi connectivity index (χ3n) is 9.70. The summed E-state index contributed by atoms with van der Waals surface area (Å²) in [5.74, 6) is -2.16. The van der Waals surface area contributed by atoms with Gasteiger partial charge in [0.15, 0.2) is 0 Å². The number of benzene rings is 1. The molecule has 1 aromatic carbocycles. The number of tetrazole rings is 1. The predicted octanol–water partition coefficient (Wildman–Crippen LogP) is 2.49. The standard InChI is InChI=1S/C34H44N8O7S/c1-5-23-19-34(23,31(45)39-50(47,48)25-14-15-25)36-29(43)26-18-24-20-41(26)30(44)27(33(2,3)4)35-32(46)49-16-9-7-6-8-11-21-12-10-13-22(17-21)28-37-40-42(24)38-28/h5,8,10-13,17,23-27H,1,6-7,9,14-16,18-20H2,2-4H3,(H,35,46)(H,36,43)(H,39,45)/b11-8-/t23-,24+,26-,27-,34-/m0/s1. The Bertz CT molecular complexity index is 1810. The first kappa shape index (κ1) is 35.2. The summed E-state index contributed by atoms with van der Waals surface area (Å²) in [7, 11) is -3.89. The molecule has 16 heteroatoms. The van der Waals surface area contributed by atoms with Crippen LogP contribution in [0.4, 0.5) is 4.79 Å². The van der Waals surface area contributed by atoms with Crippen molar-refractivity contribution < 1.29 is 32.3 Å². The van der Waals surface area contributed by atoms with Gasteiger partial charge in [-0.3, -0.25) is 19.1 Å². The first-order valence-corrected chi connectivity index (χ1v) is 18.6. The molecule has 2 aromatic rings. The topological polar surface area (TPSA) is 195 Å². The van der Waals surface area contributed by atoms with Gasteiger partial charge in [0.1, 0.15) is 17.6 Å². The van der Waals surface area contributed by atoms with Gasteiger partial charge in [-0.1, -0.05) is 57.2 Å². The molecule has 0 unspecified atom stereocenters. The lowest BCUT2D eigenvalue weighted by atomic mass is 9.85. The summed E-state index contributed by atoms with van der Waals surface area (Å²) in [6.45, 7) is 9.31. The van der Waals surface area contributed by atoms with E-state index in [-0.39, 0.29) is 26.0 Å². The quantitative estimate of drug-likeness (QED) is 0.376. The highest BCUT2D eigenvalue weighted by Crippen LogP contribution is 2.45. The van der Waals surface area contributed by atoms with Crippen LogP contribution >= 0.6 is 0 Å². The zero-order valence-corrected chi connectivity index (χ0v) is 29.3. The number of nitrogens with one attached hydrogen (secondary N) is 3. The summed E-state index contributed by atoms with van der Waals surface area (Å²) in [6.07, 6.45) is 8.13. The second-order valence-electron chi connectivity index (χ2n) is 14.6. The maximum atomic E-state index is 14.4. The molecule has 4 amide bonds. The fraction of sp³-hybridized carbons (Fsp3) is 0.559. The van der Waals surface area contributed by atoms with Gasteiger partial charge in [-0.05, 0) is 60.8 Å². The zero-order chi connectivity index (χ0) is 35.8. The number of carbonyl (C=O) groups is 4. The lowest BCUT2D eigenvalue weighted by molar-refractivity contribution is -0.142. The summed E-state index contributed by atoms with van der Waals surface area (Å²) < 4.78 is 32.9. The van der Waals surface area contributed by atoms with E-state index in [0.29, 0.717) is 25.1 Å². The SMILES string of the molecule is C=C[C@H]1C[C@@]1(NC(=O)[C@@H]1C[C@@H]2CN1C(=O)[C@@H](C(C)(C)C)NC(=O)OCCCC/C=C\c1cccc(c1)-c1nnn2n1)C(=O)NS(=O)(=O)C1CC1. The first-order chi connectivity index (χ1) is 23.7. The predicted molar refractivity (Wildman–Crippen MR) is 182 cm³/mol. The van der Waals surface area contributed by atoms with Gasteiger partial charge in [0, 0.05) is 24.4 Å². The van der Waals surface area contributed by atoms with Crippen LogP contribution in [0.5, 0.6) is 0 Å². The van der Waals surface area contributed by atoms with Gasteiger partial charge in [0.05, 0.1) is 17.9 Å². The van der Waals surface area contributed by atoms with E-state index in [0.717, 1.165) is 24.0 Å². The smallest absolute Gasteiger partial charge is 0.407 e. The number of hydrogen-bond acceptors (Lipinski definition) is 10. The molecule has 15 nitrogen and oxygen atoms in total. The molecule has 3 fully saturated rings. The van der Waals surface area contributed by atoms with Gasteiger partial charge < -0.3 is 20.3 Å². The molecule has 6 rings (SSSR count). The highest BCUT2D eigenvalue weighted by Gasteiger charge is 2.62. The lowest BCUT2D eigenvalue weighted by Crippen LogP contribution is -2.60. The molecule has 6 bridgehead atoms. The Kier molecular flexibility index (Phi) is 9.59. The molecule has 3 N–H and O–H groups in total. The number of ether oxygens (including phenoxy) is 1. The van der Waals surface area contributed by atoms with Crippen LogP contribution in [-0.4, -0.2) is 93.4 Å². The fourth-order valence-corrected chi connectivity index (χ4v) is 7.86.